The summed E-state index contributed by atoms with van der Waals surface area (Å²) in [7, 11) is 3.58. The van der Waals surface area contributed by atoms with Crippen molar-refractivity contribution < 1.29 is 14.3 Å². The number of piperidine rings is 1. The highest BCUT2D eigenvalue weighted by Crippen LogP contribution is 2.39. The average Bonchev–Trinajstić information content (AvgIpc) is 3.02. The zero-order valence-corrected chi connectivity index (χ0v) is 13.4. The molecule has 2 aliphatic rings. The summed E-state index contributed by atoms with van der Waals surface area (Å²) in [5.74, 6) is 0.753. The van der Waals surface area contributed by atoms with Crippen LogP contribution in [0.1, 0.15) is 37.8 Å². The highest BCUT2D eigenvalue weighted by atomic mass is 16.5. The van der Waals surface area contributed by atoms with Crippen LogP contribution in [0.3, 0.4) is 0 Å². The van der Waals surface area contributed by atoms with Crippen LogP contribution in [0.15, 0.2) is 12.4 Å². The van der Waals surface area contributed by atoms with Gasteiger partial charge in [-0.1, -0.05) is 6.92 Å². The Balaban J connectivity index is 1.74. The second-order valence-electron chi connectivity index (χ2n) is 6.65. The van der Waals surface area contributed by atoms with Gasteiger partial charge in [-0.3, -0.25) is 14.3 Å². The van der Waals surface area contributed by atoms with Crippen LogP contribution in [0, 0.1) is 17.8 Å². The number of hydrogen-bond donors (Lipinski definition) is 0. The number of esters is 1. The minimum atomic E-state index is -0.305. The minimum absolute atomic E-state index is 0.0636. The number of hydrogen-bond acceptors (Lipinski definition) is 4. The van der Waals surface area contributed by atoms with Crippen molar-refractivity contribution in [3.8, 4) is 0 Å². The summed E-state index contributed by atoms with van der Waals surface area (Å²) in [5, 5.41) is 4.17. The monoisotopic (exact) mass is 305 g/mol. The molecule has 6 heteroatoms. The second kappa shape index (κ2) is 5.74. The third-order valence-corrected chi connectivity index (χ3v) is 4.95. The Bertz CT molecular complexity index is 583. The lowest BCUT2D eigenvalue weighted by atomic mass is 9.86. The summed E-state index contributed by atoms with van der Waals surface area (Å²) in [6.45, 7) is 2.68. The molecule has 3 rings (SSSR count). The lowest BCUT2D eigenvalue weighted by molar-refractivity contribution is -0.156. The maximum Gasteiger partial charge on any atom is 0.311 e. The van der Waals surface area contributed by atoms with Gasteiger partial charge in [0.25, 0.3) is 0 Å². The number of aromatic nitrogens is 2. The maximum atomic E-state index is 12.5. The molecule has 1 amide bonds. The fourth-order valence-electron chi connectivity index (χ4n) is 3.26. The smallest absolute Gasteiger partial charge is 0.311 e. The highest BCUT2D eigenvalue weighted by molar-refractivity contribution is 5.82. The Hall–Kier alpha value is -1.85. The number of likely N-dealkylation sites (tertiary alicyclic amines) is 1. The van der Waals surface area contributed by atoms with Gasteiger partial charge in [-0.25, -0.2) is 0 Å². The largest absolute Gasteiger partial charge is 0.465 e. The molecule has 1 aromatic heterocycles. The Morgan fingerprint density at radius 2 is 2.18 bits per heavy atom. The molecule has 6 nitrogen and oxygen atoms in total. The van der Waals surface area contributed by atoms with Gasteiger partial charge in [0.05, 0.1) is 24.8 Å². The molecule has 1 aliphatic heterocycles. The molecule has 0 spiro atoms. The van der Waals surface area contributed by atoms with Gasteiger partial charge in [0, 0.05) is 32.3 Å². The summed E-state index contributed by atoms with van der Waals surface area (Å²) in [6.07, 6.45) is 5.67. The van der Waals surface area contributed by atoms with Crippen LogP contribution in [-0.4, -0.2) is 40.2 Å². The number of aryl methyl sites for hydroxylation is 1. The van der Waals surface area contributed by atoms with Crippen LogP contribution >= 0.6 is 0 Å². The molecule has 0 aromatic carbocycles. The molecular formula is C16H23N3O3. The van der Waals surface area contributed by atoms with Gasteiger partial charge in [0.15, 0.2) is 0 Å². The number of amides is 1. The van der Waals surface area contributed by atoms with Crippen LogP contribution < -0.4 is 0 Å². The standard InChI is InChI=1S/C16H23N3O3/c1-10-6-11(10)9-22-16(21)13-4-5-14(20)19(3)15(13)12-7-17-18(2)8-12/h7-8,10-11,13,15H,4-6,9H2,1-3H3/t10-,11-,13+,15+/m1/s1. The first-order chi connectivity index (χ1) is 10.5. The Labute approximate surface area is 130 Å². The summed E-state index contributed by atoms with van der Waals surface area (Å²) in [4.78, 5) is 26.2. The molecule has 0 unspecified atom stereocenters. The van der Waals surface area contributed by atoms with E-state index < -0.39 is 0 Å². The number of carbonyl (C=O) groups is 2. The van der Waals surface area contributed by atoms with E-state index in [0.717, 1.165) is 12.0 Å². The summed E-state index contributed by atoms with van der Waals surface area (Å²) in [5.41, 5.74) is 0.889. The molecule has 1 aliphatic carbocycles. The SMILES string of the molecule is C[C@@H]1C[C@@H]1COC(=O)[C@H]1CCC(=O)N(C)[C@H]1c1cnn(C)c1. The normalized spacial score (nSPS) is 31.2. The Kier molecular flexibility index (Phi) is 3.93. The van der Waals surface area contributed by atoms with Crippen molar-refractivity contribution in [1.82, 2.24) is 14.7 Å². The topological polar surface area (TPSA) is 64.4 Å². The van der Waals surface area contributed by atoms with Crippen LogP contribution in [-0.2, 0) is 21.4 Å². The van der Waals surface area contributed by atoms with E-state index in [1.54, 1.807) is 22.8 Å². The fourth-order valence-corrected chi connectivity index (χ4v) is 3.26. The molecule has 1 saturated heterocycles. The van der Waals surface area contributed by atoms with E-state index in [-0.39, 0.29) is 23.8 Å². The zero-order chi connectivity index (χ0) is 15.9. The van der Waals surface area contributed by atoms with E-state index in [1.165, 1.54) is 0 Å². The van der Waals surface area contributed by atoms with Gasteiger partial charge in [-0.15, -0.1) is 0 Å². The summed E-state index contributed by atoms with van der Waals surface area (Å²) < 4.78 is 7.20. The predicted octanol–water partition coefficient (Wildman–Crippen LogP) is 1.53. The fraction of sp³-hybridized carbons (Fsp3) is 0.688. The summed E-state index contributed by atoms with van der Waals surface area (Å²) >= 11 is 0. The maximum absolute atomic E-state index is 12.5. The number of rotatable bonds is 4. The van der Waals surface area contributed by atoms with Crippen molar-refractivity contribution in [1.29, 1.82) is 0 Å². The van der Waals surface area contributed by atoms with Crippen molar-refractivity contribution in [2.24, 2.45) is 24.8 Å². The molecule has 4 atom stereocenters. The van der Waals surface area contributed by atoms with Crippen molar-refractivity contribution in [2.75, 3.05) is 13.7 Å². The molecule has 2 fully saturated rings. The van der Waals surface area contributed by atoms with E-state index in [0.29, 0.717) is 31.3 Å². The predicted molar refractivity (Wildman–Crippen MR) is 79.7 cm³/mol. The number of carbonyl (C=O) groups excluding carboxylic acids is 2. The van der Waals surface area contributed by atoms with E-state index >= 15 is 0 Å². The van der Waals surface area contributed by atoms with E-state index in [9.17, 15) is 9.59 Å². The number of nitrogens with zero attached hydrogens (tertiary/aromatic N) is 3. The first kappa shape index (κ1) is 15.1. The third kappa shape index (κ3) is 2.87. The van der Waals surface area contributed by atoms with Gasteiger partial charge in [-0.05, 0) is 24.7 Å². The third-order valence-electron chi connectivity index (χ3n) is 4.95. The molecular weight excluding hydrogens is 282 g/mol. The zero-order valence-electron chi connectivity index (χ0n) is 13.4. The quantitative estimate of drug-likeness (QED) is 0.791. The van der Waals surface area contributed by atoms with Crippen molar-refractivity contribution in [2.45, 2.75) is 32.2 Å². The molecule has 0 radical (unpaired) electrons. The van der Waals surface area contributed by atoms with Crippen LogP contribution in [0.2, 0.25) is 0 Å². The number of ether oxygens (including phenoxy) is 1. The molecule has 0 N–H and O–H groups in total. The average molecular weight is 305 g/mol. The van der Waals surface area contributed by atoms with Crippen molar-refractivity contribution in [3.05, 3.63) is 18.0 Å². The van der Waals surface area contributed by atoms with Gasteiger partial charge in [0.1, 0.15) is 0 Å². The van der Waals surface area contributed by atoms with Gasteiger partial charge in [0.2, 0.25) is 5.91 Å². The van der Waals surface area contributed by atoms with Gasteiger partial charge < -0.3 is 9.64 Å². The minimum Gasteiger partial charge on any atom is -0.465 e. The molecule has 120 valence electrons. The Morgan fingerprint density at radius 1 is 1.45 bits per heavy atom. The lowest BCUT2D eigenvalue weighted by Crippen LogP contribution is -2.43. The van der Waals surface area contributed by atoms with Gasteiger partial charge >= 0.3 is 5.97 Å². The molecule has 22 heavy (non-hydrogen) atoms. The highest BCUT2D eigenvalue weighted by Gasteiger charge is 2.41. The first-order valence-electron chi connectivity index (χ1n) is 7.88. The molecule has 2 heterocycles. The molecule has 1 saturated carbocycles. The van der Waals surface area contributed by atoms with Crippen molar-refractivity contribution in [3.63, 3.8) is 0 Å². The Morgan fingerprint density at radius 3 is 2.77 bits per heavy atom. The van der Waals surface area contributed by atoms with E-state index in [1.807, 2.05) is 13.2 Å². The van der Waals surface area contributed by atoms with E-state index in [2.05, 4.69) is 12.0 Å². The van der Waals surface area contributed by atoms with Crippen LogP contribution in [0.4, 0.5) is 0 Å². The first-order valence-corrected chi connectivity index (χ1v) is 7.88. The van der Waals surface area contributed by atoms with Crippen LogP contribution in [0.5, 0.6) is 0 Å². The molecule has 1 aromatic rings. The summed E-state index contributed by atoms with van der Waals surface area (Å²) in [6, 6.07) is -0.279. The molecule has 0 bridgehead atoms. The van der Waals surface area contributed by atoms with Gasteiger partial charge in [-0.2, -0.15) is 5.10 Å². The van der Waals surface area contributed by atoms with Crippen LogP contribution in [0.25, 0.3) is 0 Å². The second-order valence-corrected chi connectivity index (χ2v) is 6.65. The van der Waals surface area contributed by atoms with E-state index in [4.69, 9.17) is 4.74 Å². The lowest BCUT2D eigenvalue weighted by Gasteiger charge is -2.37. The van der Waals surface area contributed by atoms with Crippen molar-refractivity contribution >= 4 is 11.9 Å².